The summed E-state index contributed by atoms with van der Waals surface area (Å²) >= 11 is 0. The van der Waals surface area contributed by atoms with Crippen LogP contribution in [0.5, 0.6) is 0 Å². The molecule has 144 valence electrons. The highest BCUT2D eigenvalue weighted by Crippen LogP contribution is 2.40. The summed E-state index contributed by atoms with van der Waals surface area (Å²) in [6.45, 7) is 6.49. The molecule has 0 saturated carbocycles. The first kappa shape index (κ1) is 17.8. The molecule has 0 unspecified atom stereocenters. The summed E-state index contributed by atoms with van der Waals surface area (Å²) in [5, 5.41) is 5.70. The van der Waals surface area contributed by atoms with Crippen molar-refractivity contribution in [1.82, 2.24) is 25.0 Å². The summed E-state index contributed by atoms with van der Waals surface area (Å²) in [5.74, 6) is 0.0137. The molecule has 0 aliphatic carbocycles. The number of piperidine rings is 1. The second-order valence-electron chi connectivity index (χ2n) is 7.78. The number of carbonyl (C=O) groups excluding carboxylic acids is 2. The monoisotopic (exact) mass is 371 g/mol. The summed E-state index contributed by atoms with van der Waals surface area (Å²) < 4.78 is 0. The van der Waals surface area contributed by atoms with E-state index in [1.807, 2.05) is 4.90 Å². The van der Waals surface area contributed by atoms with Gasteiger partial charge in [0.15, 0.2) is 5.65 Å². The third-order valence-electron chi connectivity index (χ3n) is 5.92. The highest BCUT2D eigenvalue weighted by Gasteiger charge is 2.49. The molecule has 2 aliphatic rings. The number of pyridine rings is 1. The number of aromatic amines is 2. The molecule has 2 amide bonds. The topological polar surface area (TPSA) is 102 Å². The van der Waals surface area contributed by atoms with Crippen molar-refractivity contribution in [3.05, 3.63) is 27.7 Å². The average molecular weight is 371 g/mol. The maximum absolute atomic E-state index is 13.0. The van der Waals surface area contributed by atoms with Gasteiger partial charge in [-0.05, 0) is 44.2 Å². The number of rotatable bonds is 3. The van der Waals surface area contributed by atoms with Gasteiger partial charge in [-0.1, -0.05) is 6.92 Å². The zero-order valence-electron chi connectivity index (χ0n) is 15.8. The van der Waals surface area contributed by atoms with E-state index in [0.29, 0.717) is 41.8 Å². The third-order valence-corrected chi connectivity index (χ3v) is 5.92. The molecule has 2 aliphatic heterocycles. The standard InChI is InChI=1S/C19H25N5O3/c1-3-7-23-8-4-5-19(18(23)27)6-9-24(11-19)17(26)13-10-12(2)14-15(20-13)21-22-16(14)25/h10H,3-9,11H2,1-2H3,(H2,20,21,22,25)/t19-/m0/s1. The smallest absolute Gasteiger partial charge is 0.273 e. The second kappa shape index (κ2) is 6.51. The molecule has 1 atom stereocenters. The van der Waals surface area contributed by atoms with Crippen LogP contribution in [0.25, 0.3) is 11.0 Å². The van der Waals surface area contributed by atoms with Crippen LogP contribution in [0.2, 0.25) is 0 Å². The largest absolute Gasteiger partial charge is 0.342 e. The lowest BCUT2D eigenvalue weighted by atomic mass is 9.78. The molecule has 0 radical (unpaired) electrons. The van der Waals surface area contributed by atoms with Gasteiger partial charge >= 0.3 is 0 Å². The van der Waals surface area contributed by atoms with Crippen molar-refractivity contribution in [2.75, 3.05) is 26.2 Å². The Morgan fingerprint density at radius 3 is 2.85 bits per heavy atom. The predicted molar refractivity (Wildman–Crippen MR) is 101 cm³/mol. The van der Waals surface area contributed by atoms with Gasteiger partial charge in [0.2, 0.25) is 5.91 Å². The number of H-pyrrole nitrogens is 2. The minimum atomic E-state index is -0.440. The van der Waals surface area contributed by atoms with Crippen LogP contribution >= 0.6 is 0 Å². The molecule has 0 bridgehead atoms. The predicted octanol–water partition coefficient (Wildman–Crippen LogP) is 1.42. The summed E-state index contributed by atoms with van der Waals surface area (Å²) in [4.78, 5) is 45.8. The Morgan fingerprint density at radius 1 is 1.26 bits per heavy atom. The molecular weight excluding hydrogens is 346 g/mol. The van der Waals surface area contributed by atoms with Crippen molar-refractivity contribution < 1.29 is 9.59 Å². The van der Waals surface area contributed by atoms with Crippen LogP contribution in [0.4, 0.5) is 0 Å². The van der Waals surface area contributed by atoms with Crippen LogP contribution in [-0.4, -0.2) is 63.0 Å². The SMILES string of the molecule is CCCN1CCC[C@@]2(CCN(C(=O)c3cc(C)c4c(=O)[nH][nH]c4n3)C2)C1=O. The highest BCUT2D eigenvalue weighted by molar-refractivity contribution is 5.96. The molecule has 8 heteroatoms. The van der Waals surface area contributed by atoms with E-state index >= 15 is 0 Å². The number of amides is 2. The lowest BCUT2D eigenvalue weighted by Crippen LogP contribution is -2.50. The fraction of sp³-hybridized carbons (Fsp3) is 0.579. The number of nitrogens with one attached hydrogen (secondary N) is 2. The van der Waals surface area contributed by atoms with E-state index in [0.717, 1.165) is 32.4 Å². The van der Waals surface area contributed by atoms with Crippen LogP contribution in [0.3, 0.4) is 0 Å². The summed E-state index contributed by atoms with van der Waals surface area (Å²) in [7, 11) is 0. The third kappa shape index (κ3) is 2.83. The Hall–Kier alpha value is -2.64. The molecule has 4 rings (SSSR count). The van der Waals surface area contributed by atoms with E-state index in [-0.39, 0.29) is 17.4 Å². The van der Waals surface area contributed by atoms with E-state index in [2.05, 4.69) is 22.1 Å². The maximum atomic E-state index is 13.0. The zero-order chi connectivity index (χ0) is 19.2. The van der Waals surface area contributed by atoms with Crippen molar-refractivity contribution in [3.63, 3.8) is 0 Å². The van der Waals surface area contributed by atoms with Gasteiger partial charge in [0.05, 0.1) is 10.8 Å². The van der Waals surface area contributed by atoms with Gasteiger partial charge < -0.3 is 9.80 Å². The van der Waals surface area contributed by atoms with Gasteiger partial charge in [0.25, 0.3) is 11.5 Å². The van der Waals surface area contributed by atoms with Gasteiger partial charge in [0.1, 0.15) is 5.69 Å². The molecule has 2 aromatic rings. The van der Waals surface area contributed by atoms with Gasteiger partial charge in [-0.3, -0.25) is 24.6 Å². The van der Waals surface area contributed by atoms with E-state index in [1.165, 1.54) is 0 Å². The number of carbonyl (C=O) groups is 2. The van der Waals surface area contributed by atoms with Crippen molar-refractivity contribution in [1.29, 1.82) is 0 Å². The molecule has 2 fully saturated rings. The van der Waals surface area contributed by atoms with Gasteiger partial charge in [0, 0.05) is 26.2 Å². The Kier molecular flexibility index (Phi) is 4.28. The number of fused-ring (bicyclic) bond motifs is 1. The normalized spacial score (nSPS) is 23.0. The first-order valence-electron chi connectivity index (χ1n) is 9.62. The van der Waals surface area contributed by atoms with Crippen molar-refractivity contribution in [3.8, 4) is 0 Å². The molecule has 1 spiro atoms. The zero-order valence-corrected chi connectivity index (χ0v) is 15.8. The quantitative estimate of drug-likeness (QED) is 0.852. The van der Waals surface area contributed by atoms with Crippen LogP contribution in [0, 0.1) is 12.3 Å². The van der Waals surface area contributed by atoms with E-state index in [9.17, 15) is 14.4 Å². The van der Waals surface area contributed by atoms with Crippen molar-refractivity contribution in [2.45, 2.75) is 39.5 Å². The molecule has 4 heterocycles. The molecule has 2 N–H and O–H groups in total. The Balaban J connectivity index is 1.58. The average Bonchev–Trinajstić information content (AvgIpc) is 3.24. The van der Waals surface area contributed by atoms with Crippen molar-refractivity contribution in [2.24, 2.45) is 5.41 Å². The first-order chi connectivity index (χ1) is 12.9. The first-order valence-corrected chi connectivity index (χ1v) is 9.62. The Bertz CT molecular complexity index is 960. The molecule has 2 saturated heterocycles. The second-order valence-corrected chi connectivity index (χ2v) is 7.78. The van der Waals surface area contributed by atoms with Crippen molar-refractivity contribution >= 4 is 22.8 Å². The summed E-state index contributed by atoms with van der Waals surface area (Å²) in [6, 6.07) is 1.66. The maximum Gasteiger partial charge on any atom is 0.273 e. The molecular formula is C19H25N5O3. The van der Waals surface area contributed by atoms with Gasteiger partial charge in [-0.15, -0.1) is 0 Å². The van der Waals surface area contributed by atoms with E-state index in [1.54, 1.807) is 17.9 Å². The molecule has 27 heavy (non-hydrogen) atoms. The van der Waals surface area contributed by atoms with Crippen LogP contribution in [0.15, 0.2) is 10.9 Å². The minimum Gasteiger partial charge on any atom is -0.342 e. The fourth-order valence-corrected chi connectivity index (χ4v) is 4.56. The summed E-state index contributed by atoms with van der Waals surface area (Å²) in [5.41, 5.74) is 0.728. The molecule has 0 aromatic carbocycles. The molecule has 2 aromatic heterocycles. The van der Waals surface area contributed by atoms with Gasteiger partial charge in [-0.25, -0.2) is 4.98 Å². The lowest BCUT2D eigenvalue weighted by molar-refractivity contribution is -0.145. The van der Waals surface area contributed by atoms with Gasteiger partial charge in [-0.2, -0.15) is 0 Å². The number of aryl methyl sites for hydroxylation is 1. The number of nitrogens with zero attached hydrogens (tertiary/aromatic N) is 3. The van der Waals surface area contributed by atoms with E-state index < -0.39 is 5.41 Å². The van der Waals surface area contributed by atoms with Crippen LogP contribution in [-0.2, 0) is 4.79 Å². The number of hydrogen-bond acceptors (Lipinski definition) is 4. The number of hydrogen-bond donors (Lipinski definition) is 2. The highest BCUT2D eigenvalue weighted by atomic mass is 16.2. The number of aromatic nitrogens is 3. The van der Waals surface area contributed by atoms with E-state index in [4.69, 9.17) is 0 Å². The lowest BCUT2D eigenvalue weighted by Gasteiger charge is -2.39. The Labute approximate surface area is 156 Å². The molecule has 8 nitrogen and oxygen atoms in total. The fourth-order valence-electron chi connectivity index (χ4n) is 4.56. The summed E-state index contributed by atoms with van der Waals surface area (Å²) in [6.07, 6.45) is 3.48. The minimum absolute atomic E-state index is 0.181. The Morgan fingerprint density at radius 2 is 2.07 bits per heavy atom. The number of likely N-dealkylation sites (tertiary alicyclic amines) is 2. The van der Waals surface area contributed by atoms with Crippen LogP contribution < -0.4 is 5.56 Å². The van der Waals surface area contributed by atoms with Crippen LogP contribution in [0.1, 0.15) is 48.7 Å².